The van der Waals surface area contributed by atoms with Crippen molar-refractivity contribution in [3.8, 4) is 17.0 Å². The number of nitrogens with zero attached hydrogens (tertiary/aromatic N) is 3. The minimum absolute atomic E-state index is 0.0486. The molecule has 2 N–H and O–H groups in total. The lowest BCUT2D eigenvalue weighted by Crippen LogP contribution is -2.25. The summed E-state index contributed by atoms with van der Waals surface area (Å²) in [6, 6.07) is 7.53. The number of fused-ring (bicyclic) bond motifs is 1. The number of hydrogen-bond donors (Lipinski definition) is 2. The Morgan fingerprint density at radius 2 is 1.96 bits per heavy atom. The lowest BCUT2D eigenvalue weighted by atomic mass is 10.1. The van der Waals surface area contributed by atoms with E-state index >= 15 is 0 Å². The first-order valence-electron chi connectivity index (χ1n) is 7.69. The first-order chi connectivity index (χ1) is 12.1. The topological polar surface area (TPSA) is 89.0 Å². The van der Waals surface area contributed by atoms with Gasteiger partial charge in [-0.05, 0) is 38.1 Å². The molecule has 0 atom stereocenters. The van der Waals surface area contributed by atoms with E-state index in [0.717, 1.165) is 22.6 Å². The van der Waals surface area contributed by atoms with Crippen molar-refractivity contribution in [2.24, 2.45) is 0 Å². The van der Waals surface area contributed by atoms with E-state index in [0.29, 0.717) is 22.5 Å². The lowest BCUT2D eigenvalue weighted by molar-refractivity contribution is -0.118. The second kappa shape index (κ2) is 6.14. The molecule has 1 aliphatic rings. The lowest BCUT2D eigenvalue weighted by Gasteiger charge is -2.18. The fourth-order valence-corrected chi connectivity index (χ4v) is 3.30. The van der Waals surface area contributed by atoms with Crippen LogP contribution in [0.1, 0.15) is 11.4 Å². The molecule has 3 heterocycles. The number of carbonyl (C=O) groups is 1. The number of rotatable bonds is 3. The van der Waals surface area contributed by atoms with Crippen molar-refractivity contribution in [1.82, 2.24) is 15.0 Å². The van der Waals surface area contributed by atoms with E-state index in [1.54, 1.807) is 0 Å². The fraction of sp³-hybridized carbons (Fsp3) is 0.176. The zero-order valence-electron chi connectivity index (χ0n) is 13.7. The van der Waals surface area contributed by atoms with Crippen LogP contribution < -0.4 is 15.4 Å². The quantitative estimate of drug-likeness (QED) is 0.751. The third kappa shape index (κ3) is 3.29. The molecule has 0 aliphatic carbocycles. The fourth-order valence-electron chi connectivity index (χ4n) is 2.58. The number of carbonyl (C=O) groups excluding carboxylic acids is 1. The molecular weight excluding hydrogens is 338 g/mol. The molecule has 0 saturated carbocycles. The summed E-state index contributed by atoms with van der Waals surface area (Å²) in [5, 5.41) is 8.59. The van der Waals surface area contributed by atoms with E-state index in [1.165, 1.54) is 11.3 Å². The molecule has 0 saturated heterocycles. The van der Waals surface area contributed by atoms with Crippen molar-refractivity contribution >= 4 is 34.0 Å². The van der Waals surface area contributed by atoms with Crippen LogP contribution in [0.25, 0.3) is 11.3 Å². The number of amides is 1. The summed E-state index contributed by atoms with van der Waals surface area (Å²) >= 11 is 1.47. The number of ether oxygens (including phenoxy) is 1. The molecule has 0 fully saturated rings. The van der Waals surface area contributed by atoms with Gasteiger partial charge >= 0.3 is 0 Å². The highest BCUT2D eigenvalue weighted by Crippen LogP contribution is 2.34. The number of nitrogens with one attached hydrogen (secondary N) is 2. The molecule has 1 aromatic carbocycles. The molecule has 25 heavy (non-hydrogen) atoms. The molecule has 1 amide bonds. The molecular formula is C17H15N5O2S. The number of thiazole rings is 1. The van der Waals surface area contributed by atoms with Crippen LogP contribution in [0.15, 0.2) is 29.6 Å². The molecule has 2 aromatic heterocycles. The molecule has 1 aliphatic heterocycles. The highest BCUT2D eigenvalue weighted by molar-refractivity contribution is 7.14. The number of aromatic nitrogens is 3. The average molecular weight is 353 g/mol. The second-order valence-corrected chi connectivity index (χ2v) is 6.54. The molecule has 7 nitrogen and oxygen atoms in total. The van der Waals surface area contributed by atoms with Crippen molar-refractivity contribution in [3.63, 3.8) is 0 Å². The summed E-state index contributed by atoms with van der Waals surface area (Å²) in [5.41, 5.74) is 4.16. The van der Waals surface area contributed by atoms with E-state index in [-0.39, 0.29) is 12.5 Å². The van der Waals surface area contributed by atoms with E-state index in [2.05, 4.69) is 25.6 Å². The van der Waals surface area contributed by atoms with Gasteiger partial charge in [-0.2, -0.15) is 0 Å². The molecule has 8 heteroatoms. The minimum Gasteiger partial charge on any atom is -0.482 e. The summed E-state index contributed by atoms with van der Waals surface area (Å²) in [4.78, 5) is 24.8. The van der Waals surface area contributed by atoms with Crippen molar-refractivity contribution < 1.29 is 9.53 Å². The second-order valence-electron chi connectivity index (χ2n) is 5.69. The third-order valence-electron chi connectivity index (χ3n) is 3.61. The predicted octanol–water partition coefficient (Wildman–Crippen LogP) is 3.29. The molecule has 0 unspecified atom stereocenters. The maximum absolute atomic E-state index is 11.5. The van der Waals surface area contributed by atoms with E-state index in [1.807, 2.05) is 43.5 Å². The number of benzene rings is 1. The van der Waals surface area contributed by atoms with Gasteiger partial charge in [0.1, 0.15) is 5.75 Å². The monoisotopic (exact) mass is 353 g/mol. The van der Waals surface area contributed by atoms with Crippen LogP contribution >= 0.6 is 11.3 Å². The van der Waals surface area contributed by atoms with Gasteiger partial charge < -0.3 is 15.4 Å². The zero-order chi connectivity index (χ0) is 17.4. The van der Waals surface area contributed by atoms with Gasteiger partial charge in [-0.15, -0.1) is 11.3 Å². The summed E-state index contributed by atoms with van der Waals surface area (Å²) in [5.74, 6) is 1.04. The summed E-state index contributed by atoms with van der Waals surface area (Å²) in [6.07, 6.45) is 0. The number of hydrogen-bond acceptors (Lipinski definition) is 7. The van der Waals surface area contributed by atoms with Crippen LogP contribution in [-0.2, 0) is 4.79 Å². The van der Waals surface area contributed by atoms with Crippen LogP contribution in [0.3, 0.4) is 0 Å². The number of anilines is 3. The average Bonchev–Trinajstić information content (AvgIpc) is 3.01. The number of aryl methyl sites for hydroxylation is 2. The van der Waals surface area contributed by atoms with Gasteiger partial charge in [0.2, 0.25) is 5.95 Å². The molecule has 126 valence electrons. The Bertz CT molecular complexity index is 949. The molecule has 0 bridgehead atoms. The van der Waals surface area contributed by atoms with Crippen LogP contribution in [0.5, 0.6) is 5.75 Å². The summed E-state index contributed by atoms with van der Waals surface area (Å²) < 4.78 is 5.37. The Morgan fingerprint density at radius 3 is 2.76 bits per heavy atom. The van der Waals surface area contributed by atoms with Crippen molar-refractivity contribution in [2.75, 3.05) is 17.2 Å². The standard InChI is InChI=1S/C17H15N5O2S/c1-9-5-10(2)19-16(18-9)22-17-21-13(8-25-17)11-3-4-14-12(6-11)20-15(23)7-24-14/h3-6,8H,7H2,1-2H3,(H,20,23)(H,18,19,21,22). The van der Waals surface area contributed by atoms with Gasteiger partial charge in [0.25, 0.3) is 5.91 Å². The largest absolute Gasteiger partial charge is 0.482 e. The normalized spacial score (nSPS) is 13.0. The Kier molecular flexibility index (Phi) is 3.81. The highest BCUT2D eigenvalue weighted by atomic mass is 32.1. The van der Waals surface area contributed by atoms with Gasteiger partial charge in [-0.25, -0.2) is 15.0 Å². The highest BCUT2D eigenvalue weighted by Gasteiger charge is 2.17. The summed E-state index contributed by atoms with van der Waals surface area (Å²) in [7, 11) is 0. The maximum Gasteiger partial charge on any atom is 0.262 e. The van der Waals surface area contributed by atoms with Crippen LogP contribution in [0.2, 0.25) is 0 Å². The Morgan fingerprint density at radius 1 is 1.16 bits per heavy atom. The van der Waals surface area contributed by atoms with E-state index in [9.17, 15) is 4.79 Å². The first-order valence-corrected chi connectivity index (χ1v) is 8.57. The van der Waals surface area contributed by atoms with Crippen LogP contribution in [0, 0.1) is 13.8 Å². The first kappa shape index (κ1) is 15.5. The SMILES string of the molecule is Cc1cc(C)nc(Nc2nc(-c3ccc4c(c3)NC(=O)CO4)cs2)n1. The Labute approximate surface area is 148 Å². The Hall–Kier alpha value is -3.00. The van der Waals surface area contributed by atoms with Crippen LogP contribution in [-0.4, -0.2) is 27.5 Å². The van der Waals surface area contributed by atoms with Crippen molar-refractivity contribution in [1.29, 1.82) is 0 Å². The molecule has 0 radical (unpaired) electrons. The van der Waals surface area contributed by atoms with E-state index in [4.69, 9.17) is 4.74 Å². The third-order valence-corrected chi connectivity index (χ3v) is 4.37. The maximum atomic E-state index is 11.5. The van der Waals surface area contributed by atoms with Gasteiger partial charge in [0, 0.05) is 22.3 Å². The van der Waals surface area contributed by atoms with Crippen molar-refractivity contribution in [3.05, 3.63) is 41.0 Å². The zero-order valence-corrected chi connectivity index (χ0v) is 14.5. The minimum atomic E-state index is -0.155. The van der Waals surface area contributed by atoms with Gasteiger partial charge in [-0.3, -0.25) is 4.79 Å². The molecule has 3 aromatic rings. The van der Waals surface area contributed by atoms with Gasteiger partial charge in [0.05, 0.1) is 11.4 Å². The van der Waals surface area contributed by atoms with Gasteiger partial charge in [0.15, 0.2) is 11.7 Å². The smallest absolute Gasteiger partial charge is 0.262 e. The Balaban J connectivity index is 1.59. The van der Waals surface area contributed by atoms with Crippen LogP contribution in [0.4, 0.5) is 16.8 Å². The molecule has 0 spiro atoms. The predicted molar refractivity (Wildman–Crippen MR) is 96.5 cm³/mol. The van der Waals surface area contributed by atoms with Gasteiger partial charge in [-0.1, -0.05) is 0 Å². The van der Waals surface area contributed by atoms with E-state index < -0.39 is 0 Å². The molecule has 4 rings (SSSR count). The van der Waals surface area contributed by atoms with Crippen molar-refractivity contribution in [2.45, 2.75) is 13.8 Å². The summed E-state index contributed by atoms with van der Waals surface area (Å²) in [6.45, 7) is 3.90.